The maximum Gasteiger partial charge on any atom is 0.419 e. The summed E-state index contributed by atoms with van der Waals surface area (Å²) in [5, 5.41) is 4.42. The molecule has 4 N–H and O–H groups in total. The number of nitrogens with two attached hydrogens (primary N) is 1. The van der Waals surface area contributed by atoms with E-state index in [1.54, 1.807) is 31.5 Å². The highest BCUT2D eigenvalue weighted by Crippen LogP contribution is 2.45. The molecule has 2 fully saturated rings. The summed E-state index contributed by atoms with van der Waals surface area (Å²) in [6.45, 7) is 3.28. The zero-order valence-corrected chi connectivity index (χ0v) is 19.4. The van der Waals surface area contributed by atoms with Gasteiger partial charge >= 0.3 is 6.18 Å². The third-order valence-electron chi connectivity index (χ3n) is 7.01. The average molecular weight is 477 g/mol. The average Bonchev–Trinajstić information content (AvgIpc) is 3.38. The zero-order valence-electron chi connectivity index (χ0n) is 18.5. The molecule has 2 saturated carbocycles. The van der Waals surface area contributed by atoms with Gasteiger partial charge in [0.1, 0.15) is 12.7 Å². The number of fused-ring (bicyclic) bond motifs is 2. The van der Waals surface area contributed by atoms with E-state index in [1.807, 2.05) is 0 Å². The fourth-order valence-electron chi connectivity index (χ4n) is 5.61. The monoisotopic (exact) mass is 477 g/mol. The van der Waals surface area contributed by atoms with E-state index in [0.29, 0.717) is 33.6 Å². The van der Waals surface area contributed by atoms with E-state index < -0.39 is 18.9 Å². The van der Waals surface area contributed by atoms with E-state index in [2.05, 4.69) is 20.3 Å². The molecule has 0 bridgehead atoms. The molecule has 6 nitrogen and oxygen atoms in total. The van der Waals surface area contributed by atoms with E-state index in [4.69, 9.17) is 5.73 Å². The van der Waals surface area contributed by atoms with Crippen molar-refractivity contribution >= 4 is 29.3 Å². The molecular formula is C23H27F3N5OP. The number of anilines is 1. The molecule has 5 rings (SSSR count). The van der Waals surface area contributed by atoms with Gasteiger partial charge < -0.3 is 20.6 Å². The van der Waals surface area contributed by atoms with E-state index in [1.165, 1.54) is 6.20 Å². The lowest BCUT2D eigenvalue weighted by atomic mass is 10.0. The molecule has 2 heterocycles. The number of rotatable bonds is 4. The van der Waals surface area contributed by atoms with Crippen molar-refractivity contribution in [3.63, 3.8) is 0 Å². The number of benzene rings is 1. The highest BCUT2D eigenvalue weighted by Gasteiger charge is 2.41. The molecule has 2 aromatic heterocycles. The normalized spacial score (nSPS) is 25.5. The second-order valence-corrected chi connectivity index (χ2v) is 13.0. The summed E-state index contributed by atoms with van der Waals surface area (Å²) in [7, 11) is -2.64. The Morgan fingerprint density at radius 1 is 1.15 bits per heavy atom. The van der Waals surface area contributed by atoms with Crippen molar-refractivity contribution in [1.82, 2.24) is 15.0 Å². The van der Waals surface area contributed by atoms with Crippen LogP contribution in [0.2, 0.25) is 0 Å². The summed E-state index contributed by atoms with van der Waals surface area (Å²) in [6, 6.07) is 5.55. The lowest BCUT2D eigenvalue weighted by Gasteiger charge is -2.17. The smallest absolute Gasteiger partial charge is 0.360 e. The van der Waals surface area contributed by atoms with Crippen molar-refractivity contribution in [3.8, 4) is 11.3 Å². The Balaban J connectivity index is 1.53. The van der Waals surface area contributed by atoms with Crippen LogP contribution in [0.4, 0.5) is 19.1 Å². The van der Waals surface area contributed by atoms with Gasteiger partial charge in [0.05, 0.1) is 11.2 Å². The molecule has 10 heteroatoms. The molecule has 1 aromatic carbocycles. The number of H-pyrrole nitrogens is 1. The lowest BCUT2D eigenvalue weighted by Crippen LogP contribution is -2.22. The van der Waals surface area contributed by atoms with Crippen molar-refractivity contribution in [2.24, 2.45) is 17.6 Å². The van der Waals surface area contributed by atoms with E-state index in [9.17, 15) is 17.7 Å². The Labute approximate surface area is 189 Å². The van der Waals surface area contributed by atoms with Gasteiger partial charge in [0.2, 0.25) is 5.95 Å². The number of nitrogens with zero attached hydrogens (tertiary/aromatic N) is 2. The van der Waals surface area contributed by atoms with Crippen LogP contribution in [0.3, 0.4) is 0 Å². The van der Waals surface area contributed by atoms with Crippen LogP contribution in [0.15, 0.2) is 30.6 Å². The van der Waals surface area contributed by atoms with Crippen LogP contribution in [0, 0.1) is 11.8 Å². The van der Waals surface area contributed by atoms with Crippen molar-refractivity contribution in [2.75, 3.05) is 18.6 Å². The Hall–Kier alpha value is -2.38. The second-order valence-electron chi connectivity index (χ2n) is 9.77. The first-order valence-electron chi connectivity index (χ1n) is 11.1. The van der Waals surface area contributed by atoms with Gasteiger partial charge in [-0.25, -0.2) is 9.97 Å². The van der Waals surface area contributed by atoms with Crippen LogP contribution < -0.4 is 16.4 Å². The number of hydrogen-bond donors (Lipinski definition) is 3. The number of para-hydroxylation sites is 1. The molecule has 0 amide bonds. The molecule has 2 aliphatic carbocycles. The van der Waals surface area contributed by atoms with Crippen LogP contribution in [0.1, 0.15) is 31.2 Å². The summed E-state index contributed by atoms with van der Waals surface area (Å²) < 4.78 is 54.3. The fraction of sp³-hybridized carbons (Fsp3) is 0.478. The van der Waals surface area contributed by atoms with Crippen molar-refractivity contribution < 1.29 is 17.7 Å². The molecule has 33 heavy (non-hydrogen) atoms. The summed E-state index contributed by atoms with van der Waals surface area (Å²) in [5.41, 5.74) is 5.86. The summed E-state index contributed by atoms with van der Waals surface area (Å²) in [4.78, 5) is 11.4. The first kappa shape index (κ1) is 22.4. The van der Waals surface area contributed by atoms with Gasteiger partial charge in [0.15, 0.2) is 0 Å². The van der Waals surface area contributed by atoms with E-state index >= 15 is 0 Å². The maximum atomic E-state index is 13.9. The predicted molar refractivity (Wildman–Crippen MR) is 124 cm³/mol. The molecule has 2 aliphatic rings. The van der Waals surface area contributed by atoms with Gasteiger partial charge in [0, 0.05) is 40.7 Å². The first-order valence-corrected chi connectivity index (χ1v) is 13.7. The Kier molecular flexibility index (Phi) is 5.33. The third-order valence-corrected chi connectivity index (χ3v) is 8.54. The number of alkyl halides is 3. The summed E-state index contributed by atoms with van der Waals surface area (Å²) in [5.74, 6) is 1.30. The van der Waals surface area contributed by atoms with Gasteiger partial charge in [-0.15, -0.1) is 0 Å². The number of hydrogen-bond acceptors (Lipinski definition) is 5. The largest absolute Gasteiger partial charge is 0.419 e. The van der Waals surface area contributed by atoms with Gasteiger partial charge in [-0.3, -0.25) is 0 Å². The minimum atomic E-state index is -4.61. The standard InChI is InChI=1S/C23H27F3N5OP/c1-33(2,32)19-5-3-4-16-17(10-28-21(16)19)20-18(23(24,25)26)11-29-22(31-20)30-15-8-12-6-14(27)7-13(12)9-15/h3-5,10-15,28H,6-9,27H2,1-2H3,(H,29,30,31)/t12-,13+,14?,15?. The highest BCUT2D eigenvalue weighted by molar-refractivity contribution is 7.70. The lowest BCUT2D eigenvalue weighted by molar-refractivity contribution is -0.137. The summed E-state index contributed by atoms with van der Waals surface area (Å²) in [6.07, 6.45) is 1.60. The zero-order chi connectivity index (χ0) is 23.5. The molecule has 176 valence electrons. The second kappa shape index (κ2) is 7.84. The van der Waals surface area contributed by atoms with Crippen LogP contribution in [0.5, 0.6) is 0 Å². The fourth-order valence-corrected chi connectivity index (χ4v) is 6.78. The molecular weight excluding hydrogens is 450 g/mol. The highest BCUT2D eigenvalue weighted by atomic mass is 31.2. The molecule has 0 saturated heterocycles. The van der Waals surface area contributed by atoms with Crippen LogP contribution in [-0.2, 0) is 10.7 Å². The summed E-state index contributed by atoms with van der Waals surface area (Å²) >= 11 is 0. The van der Waals surface area contributed by atoms with Crippen molar-refractivity contribution in [1.29, 1.82) is 0 Å². The number of aromatic amines is 1. The minimum Gasteiger partial charge on any atom is -0.360 e. The number of aromatic nitrogens is 3. The van der Waals surface area contributed by atoms with Gasteiger partial charge in [-0.05, 0) is 56.9 Å². The van der Waals surface area contributed by atoms with Crippen molar-refractivity contribution in [3.05, 3.63) is 36.2 Å². The molecule has 4 atom stereocenters. The van der Waals surface area contributed by atoms with Gasteiger partial charge in [-0.1, -0.05) is 12.1 Å². The Morgan fingerprint density at radius 2 is 1.85 bits per heavy atom. The third kappa shape index (κ3) is 4.17. The van der Waals surface area contributed by atoms with Crippen molar-refractivity contribution in [2.45, 2.75) is 43.9 Å². The molecule has 0 radical (unpaired) electrons. The Morgan fingerprint density at radius 3 is 2.48 bits per heavy atom. The molecule has 2 unspecified atom stereocenters. The van der Waals surface area contributed by atoms with E-state index in [0.717, 1.165) is 31.9 Å². The van der Waals surface area contributed by atoms with E-state index in [-0.39, 0.29) is 23.7 Å². The van der Waals surface area contributed by atoms with Crippen LogP contribution in [0.25, 0.3) is 22.2 Å². The first-order chi connectivity index (χ1) is 15.5. The molecule has 0 spiro atoms. The Bertz CT molecular complexity index is 1240. The molecule has 3 aromatic rings. The van der Waals surface area contributed by atoms with Crippen LogP contribution >= 0.6 is 7.14 Å². The topological polar surface area (TPSA) is 96.7 Å². The quantitative estimate of drug-likeness (QED) is 0.468. The van der Waals surface area contributed by atoms with Gasteiger partial charge in [0.25, 0.3) is 0 Å². The molecule has 0 aliphatic heterocycles. The maximum absolute atomic E-state index is 13.9. The minimum absolute atomic E-state index is 0.123. The SMILES string of the molecule is CP(C)(=O)c1cccc2c(-c3nc(NC4C[C@H]5CC(N)C[C@H]5C4)ncc3C(F)(F)F)c[nH]c12. The number of halogens is 3. The predicted octanol–water partition coefficient (Wildman–Crippen LogP) is 4.82. The number of nitrogens with one attached hydrogen (secondary N) is 2. The van der Waals surface area contributed by atoms with Gasteiger partial charge in [-0.2, -0.15) is 13.2 Å². The van der Waals surface area contributed by atoms with Crippen LogP contribution in [-0.4, -0.2) is 40.4 Å².